The van der Waals surface area contributed by atoms with Gasteiger partial charge in [0.25, 0.3) is 20.0 Å². The number of carbonyl (C=O) groups is 1. The summed E-state index contributed by atoms with van der Waals surface area (Å²) in [5.41, 5.74) is 5.83. The lowest BCUT2D eigenvalue weighted by molar-refractivity contribution is -0.144. The Kier molecular flexibility index (Phi) is 6.11. The van der Waals surface area contributed by atoms with E-state index in [-0.39, 0.29) is 25.7 Å². The van der Waals surface area contributed by atoms with Gasteiger partial charge in [-0.1, -0.05) is 57.3 Å². The first-order chi connectivity index (χ1) is 16.0. The van der Waals surface area contributed by atoms with E-state index in [2.05, 4.69) is 0 Å². The van der Waals surface area contributed by atoms with Crippen molar-refractivity contribution in [2.24, 2.45) is 5.73 Å². The lowest BCUT2D eigenvalue weighted by Crippen LogP contribution is -2.66. The van der Waals surface area contributed by atoms with Gasteiger partial charge in [0.2, 0.25) is 0 Å². The van der Waals surface area contributed by atoms with E-state index >= 15 is 0 Å². The van der Waals surface area contributed by atoms with Gasteiger partial charge in [-0.05, 0) is 49.7 Å². The largest absolute Gasteiger partial charge is 0.425 e. The highest BCUT2D eigenvalue weighted by atomic mass is 32.3. The van der Waals surface area contributed by atoms with Gasteiger partial charge in [0.05, 0.1) is 9.79 Å². The highest BCUT2D eigenvalue weighted by Crippen LogP contribution is 2.39. The smallest absolute Gasteiger partial charge is 0.335 e. The van der Waals surface area contributed by atoms with Crippen LogP contribution in [0.2, 0.25) is 0 Å². The first kappa shape index (κ1) is 24.1. The standard InChI is InChI=1S/C24H24N2O6S2/c1-17-7-11-20(12-8-17)33(28,29)26(34(30,31)21-13-9-18(2)10-14-21)24(16-25)15-19-5-3-4-6-22(19)32-23(24)27/h3-14H,15-16,25H2,1-2H3. The van der Waals surface area contributed by atoms with Crippen LogP contribution in [0.1, 0.15) is 16.7 Å². The van der Waals surface area contributed by atoms with Gasteiger partial charge in [0, 0.05) is 13.0 Å². The zero-order chi connectivity index (χ0) is 24.7. The summed E-state index contributed by atoms with van der Waals surface area (Å²) in [5, 5.41) is 0. The Labute approximate surface area is 199 Å². The van der Waals surface area contributed by atoms with Crippen LogP contribution in [0.15, 0.2) is 82.6 Å². The van der Waals surface area contributed by atoms with E-state index in [0.717, 1.165) is 11.1 Å². The van der Waals surface area contributed by atoms with Crippen molar-refractivity contribution >= 4 is 26.0 Å². The molecule has 34 heavy (non-hydrogen) atoms. The monoisotopic (exact) mass is 500 g/mol. The molecule has 3 aromatic rings. The molecular weight excluding hydrogens is 476 g/mol. The maximum atomic E-state index is 13.9. The number of ether oxygens (including phenoxy) is 1. The Bertz CT molecular complexity index is 1370. The second-order valence-corrected chi connectivity index (χ2v) is 12.0. The van der Waals surface area contributed by atoms with E-state index in [9.17, 15) is 21.6 Å². The molecule has 0 aromatic heterocycles. The van der Waals surface area contributed by atoms with Crippen molar-refractivity contribution in [1.29, 1.82) is 0 Å². The van der Waals surface area contributed by atoms with Crippen LogP contribution in [0, 0.1) is 13.8 Å². The van der Waals surface area contributed by atoms with Crippen molar-refractivity contribution in [3.63, 3.8) is 0 Å². The van der Waals surface area contributed by atoms with E-state index < -0.39 is 38.1 Å². The van der Waals surface area contributed by atoms with Crippen LogP contribution >= 0.6 is 0 Å². The van der Waals surface area contributed by atoms with Gasteiger partial charge in [0.15, 0.2) is 5.54 Å². The first-order valence-corrected chi connectivity index (χ1v) is 13.3. The molecule has 8 nitrogen and oxygen atoms in total. The number of para-hydroxylation sites is 1. The van der Waals surface area contributed by atoms with Gasteiger partial charge in [-0.3, -0.25) is 0 Å². The molecule has 0 spiro atoms. The van der Waals surface area contributed by atoms with E-state index in [1.807, 2.05) is 0 Å². The minimum atomic E-state index is -4.77. The fourth-order valence-corrected chi connectivity index (χ4v) is 8.14. The highest BCUT2D eigenvalue weighted by Gasteiger charge is 2.58. The third kappa shape index (κ3) is 3.92. The summed E-state index contributed by atoms with van der Waals surface area (Å²) in [6.45, 7) is 2.93. The number of rotatable bonds is 6. The van der Waals surface area contributed by atoms with Crippen LogP contribution in [0.3, 0.4) is 0 Å². The van der Waals surface area contributed by atoms with Crippen LogP contribution in [0.5, 0.6) is 5.75 Å². The fraction of sp³-hybridized carbons (Fsp3) is 0.208. The third-order valence-corrected chi connectivity index (χ3v) is 10.3. The minimum Gasteiger partial charge on any atom is -0.425 e. The van der Waals surface area contributed by atoms with Crippen LogP contribution in [-0.4, -0.2) is 38.6 Å². The molecule has 0 fully saturated rings. The van der Waals surface area contributed by atoms with Gasteiger partial charge in [0.1, 0.15) is 5.75 Å². The van der Waals surface area contributed by atoms with Crippen molar-refractivity contribution in [2.75, 3.05) is 6.54 Å². The summed E-state index contributed by atoms with van der Waals surface area (Å²) in [5.74, 6) is -0.822. The van der Waals surface area contributed by atoms with Crippen LogP contribution in [0.25, 0.3) is 0 Å². The van der Waals surface area contributed by atoms with Crippen molar-refractivity contribution in [3.8, 4) is 5.75 Å². The van der Waals surface area contributed by atoms with Crippen molar-refractivity contribution in [3.05, 3.63) is 89.5 Å². The zero-order valence-corrected chi connectivity index (χ0v) is 20.3. The summed E-state index contributed by atoms with van der Waals surface area (Å²) in [7, 11) is -9.55. The minimum absolute atomic E-state index is 0.233. The maximum absolute atomic E-state index is 13.9. The van der Waals surface area contributed by atoms with Crippen LogP contribution < -0.4 is 10.5 Å². The lowest BCUT2D eigenvalue weighted by Gasteiger charge is -2.41. The maximum Gasteiger partial charge on any atom is 0.335 e. The van der Waals surface area contributed by atoms with Crippen molar-refractivity contribution in [1.82, 2.24) is 3.71 Å². The summed E-state index contributed by atoms with van der Waals surface area (Å²) in [6.07, 6.45) is -0.269. The van der Waals surface area contributed by atoms with E-state index in [1.54, 1.807) is 62.4 Å². The Balaban J connectivity index is 2.00. The molecule has 3 aromatic carbocycles. The lowest BCUT2D eigenvalue weighted by atomic mass is 9.89. The van der Waals surface area contributed by atoms with E-state index in [0.29, 0.717) is 5.56 Å². The number of nitrogens with two attached hydrogens (primary N) is 1. The number of benzene rings is 3. The van der Waals surface area contributed by atoms with Gasteiger partial charge in [-0.15, -0.1) is 0 Å². The van der Waals surface area contributed by atoms with Crippen LogP contribution in [-0.2, 0) is 31.3 Å². The third-order valence-electron chi connectivity index (χ3n) is 5.80. The summed E-state index contributed by atoms with van der Waals surface area (Å²) >= 11 is 0. The number of nitrogens with zero attached hydrogens (tertiary/aromatic N) is 1. The summed E-state index contributed by atoms with van der Waals surface area (Å²) in [6, 6.07) is 17.9. The van der Waals surface area contributed by atoms with Gasteiger partial charge >= 0.3 is 5.97 Å². The molecular formula is C24H24N2O6S2. The number of hydrogen-bond donors (Lipinski definition) is 1. The molecule has 0 saturated carbocycles. The average Bonchev–Trinajstić information content (AvgIpc) is 2.79. The molecule has 0 saturated heterocycles. The predicted molar refractivity (Wildman–Crippen MR) is 126 cm³/mol. The Morgan fingerprint density at radius 3 is 1.76 bits per heavy atom. The topological polar surface area (TPSA) is 124 Å². The van der Waals surface area contributed by atoms with Gasteiger partial charge in [-0.2, -0.15) is 0 Å². The molecule has 0 amide bonds. The molecule has 1 heterocycles. The van der Waals surface area contributed by atoms with Gasteiger partial charge in [-0.25, -0.2) is 21.6 Å². The Hall–Kier alpha value is -3.05. The molecule has 1 aliphatic heterocycles. The summed E-state index contributed by atoms with van der Waals surface area (Å²) < 4.78 is 61.4. The molecule has 10 heteroatoms. The SMILES string of the molecule is Cc1ccc(S(=O)(=O)N(C2(CN)Cc3ccccc3OC2=O)S(=O)(=O)c2ccc(C)cc2)cc1. The molecule has 2 N–H and O–H groups in total. The van der Waals surface area contributed by atoms with Gasteiger partial charge < -0.3 is 10.5 Å². The molecule has 1 aliphatic rings. The van der Waals surface area contributed by atoms with Crippen molar-refractivity contribution < 1.29 is 26.4 Å². The molecule has 1 unspecified atom stereocenters. The van der Waals surface area contributed by atoms with E-state index in [4.69, 9.17) is 10.5 Å². The normalized spacial score (nSPS) is 18.4. The quantitative estimate of drug-likeness (QED) is 0.407. The zero-order valence-electron chi connectivity index (χ0n) is 18.6. The Morgan fingerprint density at radius 1 is 0.824 bits per heavy atom. The predicted octanol–water partition coefficient (Wildman–Crippen LogP) is 2.54. The van der Waals surface area contributed by atoms with Crippen molar-refractivity contribution in [2.45, 2.75) is 35.6 Å². The first-order valence-electron chi connectivity index (χ1n) is 10.5. The number of carbonyl (C=O) groups excluding carboxylic acids is 1. The highest BCUT2D eigenvalue weighted by molar-refractivity contribution is 8.04. The molecule has 4 rings (SSSR count). The Morgan fingerprint density at radius 2 is 1.29 bits per heavy atom. The fourth-order valence-electron chi connectivity index (χ4n) is 3.90. The molecule has 1 atom stereocenters. The molecule has 178 valence electrons. The number of aryl methyl sites for hydroxylation is 2. The van der Waals surface area contributed by atoms with E-state index in [1.165, 1.54) is 24.3 Å². The number of esters is 1. The second kappa shape index (κ2) is 8.62. The number of sulfonamides is 2. The average molecular weight is 501 g/mol. The molecule has 0 bridgehead atoms. The number of hydrogen-bond acceptors (Lipinski definition) is 7. The molecule has 0 radical (unpaired) electrons. The number of fused-ring (bicyclic) bond motifs is 1. The second-order valence-electron chi connectivity index (χ2n) is 8.24. The van der Waals surface area contributed by atoms with Crippen LogP contribution in [0.4, 0.5) is 0 Å². The molecule has 0 aliphatic carbocycles. The summed E-state index contributed by atoms with van der Waals surface area (Å²) in [4.78, 5) is 12.8.